The molecule has 1 atom stereocenters. The topological polar surface area (TPSA) is 111 Å². The molecule has 1 unspecified atom stereocenters. The van der Waals surface area contributed by atoms with E-state index in [-0.39, 0.29) is 11.4 Å². The highest BCUT2D eigenvalue weighted by Gasteiger charge is 2.35. The number of ether oxygens (including phenoxy) is 2. The minimum Gasteiger partial charge on any atom is -0.506 e. The fourth-order valence-corrected chi connectivity index (χ4v) is 2.05. The molecule has 0 aliphatic rings. The molecule has 0 aromatic heterocycles. The van der Waals surface area contributed by atoms with E-state index in [1.54, 1.807) is 46.8 Å². The quantitative estimate of drug-likeness (QED) is 0.574. The second kappa shape index (κ2) is 7.09. The maximum atomic E-state index is 11.9. The number of nitrogens with one attached hydrogen (secondary N) is 1. The van der Waals surface area contributed by atoms with Crippen LogP contribution in [0.5, 0.6) is 5.75 Å². The zero-order valence-electron chi connectivity index (χ0n) is 15.0. The Hall–Kier alpha value is -2.28. The number of rotatable bonds is 4. The summed E-state index contributed by atoms with van der Waals surface area (Å²) in [6.07, 6.45) is -0.690. The Morgan fingerprint density at radius 3 is 2.29 bits per heavy atom. The van der Waals surface area contributed by atoms with Crippen LogP contribution >= 0.6 is 0 Å². The summed E-state index contributed by atoms with van der Waals surface area (Å²) in [6.45, 7) is 8.76. The van der Waals surface area contributed by atoms with E-state index < -0.39 is 29.1 Å². The second-order valence-corrected chi connectivity index (χ2v) is 7.08. The van der Waals surface area contributed by atoms with Gasteiger partial charge in [-0.05, 0) is 38.5 Å². The lowest BCUT2D eigenvalue weighted by Crippen LogP contribution is -2.47. The Labute approximate surface area is 142 Å². The minimum absolute atomic E-state index is 0.118. The van der Waals surface area contributed by atoms with Gasteiger partial charge < -0.3 is 20.3 Å². The van der Waals surface area contributed by atoms with Gasteiger partial charge in [0, 0.05) is 5.41 Å². The van der Waals surface area contributed by atoms with E-state index in [4.69, 9.17) is 15.2 Å². The zero-order chi connectivity index (χ0) is 18.7. The number of carbonyl (C=O) groups excluding carboxylic acids is 2. The molecule has 134 valence electrons. The average molecular weight is 338 g/mol. The van der Waals surface area contributed by atoms with E-state index in [1.807, 2.05) is 0 Å². The third kappa shape index (κ3) is 4.86. The van der Waals surface area contributed by atoms with Gasteiger partial charge in [0.2, 0.25) is 0 Å². The Kier molecular flexibility index (Phi) is 5.84. The summed E-state index contributed by atoms with van der Waals surface area (Å²) in [5.74, 6) is -0.665. The first-order valence-electron chi connectivity index (χ1n) is 7.55. The van der Waals surface area contributed by atoms with Crippen molar-refractivity contribution in [3.05, 3.63) is 23.8 Å². The van der Waals surface area contributed by atoms with Crippen molar-refractivity contribution in [1.29, 1.82) is 0 Å². The smallest absolute Gasteiger partial charge is 0.412 e. The van der Waals surface area contributed by atoms with Crippen molar-refractivity contribution in [1.82, 2.24) is 0 Å². The largest absolute Gasteiger partial charge is 0.506 e. The molecule has 0 spiro atoms. The SMILES string of the molecule is COC(=O)C(N)C(C)(C)c1ccc(O)c(NC(=O)OC(C)(C)C)c1. The van der Waals surface area contributed by atoms with Crippen molar-refractivity contribution in [2.24, 2.45) is 5.73 Å². The molecule has 24 heavy (non-hydrogen) atoms. The third-order valence-corrected chi connectivity index (χ3v) is 3.61. The number of benzene rings is 1. The first-order chi connectivity index (χ1) is 10.9. The van der Waals surface area contributed by atoms with Gasteiger partial charge in [-0.15, -0.1) is 0 Å². The summed E-state index contributed by atoms with van der Waals surface area (Å²) in [5.41, 5.74) is 5.36. The third-order valence-electron chi connectivity index (χ3n) is 3.61. The van der Waals surface area contributed by atoms with Crippen molar-refractivity contribution < 1.29 is 24.2 Å². The van der Waals surface area contributed by atoms with Crippen LogP contribution in [-0.2, 0) is 19.7 Å². The van der Waals surface area contributed by atoms with Gasteiger partial charge in [-0.25, -0.2) is 4.79 Å². The average Bonchev–Trinajstić information content (AvgIpc) is 2.45. The van der Waals surface area contributed by atoms with Crippen molar-refractivity contribution in [2.75, 3.05) is 12.4 Å². The normalized spacial score (nSPS) is 13.1. The van der Waals surface area contributed by atoms with E-state index in [9.17, 15) is 14.7 Å². The molecule has 1 amide bonds. The number of nitrogens with two attached hydrogens (primary N) is 1. The van der Waals surface area contributed by atoms with Crippen molar-refractivity contribution in [3.63, 3.8) is 0 Å². The van der Waals surface area contributed by atoms with Crippen LogP contribution in [0.25, 0.3) is 0 Å². The predicted octanol–water partition coefficient (Wildman–Crippen LogP) is 2.52. The molecule has 0 aliphatic heterocycles. The fourth-order valence-electron chi connectivity index (χ4n) is 2.05. The van der Waals surface area contributed by atoms with Crippen molar-refractivity contribution in [2.45, 2.75) is 51.7 Å². The highest BCUT2D eigenvalue weighted by Crippen LogP contribution is 2.33. The number of phenols is 1. The molecule has 7 nitrogen and oxygen atoms in total. The summed E-state index contributed by atoms with van der Waals surface area (Å²) >= 11 is 0. The monoisotopic (exact) mass is 338 g/mol. The minimum atomic E-state index is -0.901. The molecule has 1 aromatic carbocycles. The van der Waals surface area contributed by atoms with E-state index in [0.29, 0.717) is 5.56 Å². The van der Waals surface area contributed by atoms with Crippen molar-refractivity contribution in [3.8, 4) is 5.75 Å². The Morgan fingerprint density at radius 1 is 1.21 bits per heavy atom. The van der Waals surface area contributed by atoms with Crippen LogP contribution in [0.15, 0.2) is 18.2 Å². The van der Waals surface area contributed by atoms with E-state index in [2.05, 4.69) is 5.32 Å². The number of carbonyl (C=O) groups is 2. The molecular formula is C17H26N2O5. The van der Waals surface area contributed by atoms with Gasteiger partial charge >= 0.3 is 12.1 Å². The standard InChI is InChI=1S/C17H26N2O5/c1-16(2,3)24-15(22)19-11-9-10(7-8-12(11)20)17(4,5)13(18)14(21)23-6/h7-9,13,20H,18H2,1-6H3,(H,19,22). The van der Waals surface area contributed by atoms with Gasteiger partial charge in [-0.1, -0.05) is 19.9 Å². The van der Waals surface area contributed by atoms with Crippen LogP contribution in [0.4, 0.5) is 10.5 Å². The summed E-state index contributed by atoms with van der Waals surface area (Å²) < 4.78 is 9.86. The first-order valence-corrected chi connectivity index (χ1v) is 7.55. The maximum Gasteiger partial charge on any atom is 0.412 e. The summed E-state index contributed by atoms with van der Waals surface area (Å²) in [5, 5.41) is 12.4. The van der Waals surface area contributed by atoms with Gasteiger partial charge in [-0.2, -0.15) is 0 Å². The van der Waals surface area contributed by atoms with E-state index >= 15 is 0 Å². The highest BCUT2D eigenvalue weighted by atomic mass is 16.6. The maximum absolute atomic E-state index is 11.9. The van der Waals surface area contributed by atoms with Crippen LogP contribution in [0.3, 0.4) is 0 Å². The number of phenolic OH excluding ortho intramolecular Hbond substituents is 1. The van der Waals surface area contributed by atoms with Gasteiger partial charge in [0.15, 0.2) is 0 Å². The van der Waals surface area contributed by atoms with Crippen LogP contribution in [0.1, 0.15) is 40.2 Å². The molecule has 0 radical (unpaired) electrons. The Balaban J connectivity index is 3.09. The van der Waals surface area contributed by atoms with Crippen molar-refractivity contribution >= 4 is 17.7 Å². The number of hydrogen-bond acceptors (Lipinski definition) is 6. The first kappa shape index (κ1) is 19.8. The van der Waals surface area contributed by atoms with Crippen LogP contribution in [-0.4, -0.2) is 35.9 Å². The molecule has 1 rings (SSSR count). The van der Waals surface area contributed by atoms with Gasteiger partial charge in [0.25, 0.3) is 0 Å². The van der Waals surface area contributed by atoms with Crippen LogP contribution < -0.4 is 11.1 Å². The van der Waals surface area contributed by atoms with Gasteiger partial charge in [0.1, 0.15) is 17.4 Å². The predicted molar refractivity (Wildman–Crippen MR) is 91.0 cm³/mol. The van der Waals surface area contributed by atoms with Gasteiger partial charge in [-0.3, -0.25) is 10.1 Å². The molecule has 0 heterocycles. The summed E-state index contributed by atoms with van der Waals surface area (Å²) in [4.78, 5) is 23.6. The zero-order valence-corrected chi connectivity index (χ0v) is 15.0. The number of methoxy groups -OCH3 is 1. The molecule has 0 aliphatic carbocycles. The molecule has 0 fully saturated rings. The molecule has 1 aromatic rings. The molecule has 0 saturated heterocycles. The molecular weight excluding hydrogens is 312 g/mol. The lowest BCUT2D eigenvalue weighted by molar-refractivity contribution is -0.143. The lowest BCUT2D eigenvalue weighted by atomic mass is 9.78. The molecule has 7 heteroatoms. The van der Waals surface area contributed by atoms with Crippen LogP contribution in [0.2, 0.25) is 0 Å². The highest BCUT2D eigenvalue weighted by molar-refractivity contribution is 5.87. The number of anilines is 1. The second-order valence-electron chi connectivity index (χ2n) is 7.08. The summed E-state index contributed by atoms with van der Waals surface area (Å²) in [6, 6.07) is 3.72. The Bertz CT molecular complexity index is 620. The molecule has 0 saturated carbocycles. The summed E-state index contributed by atoms with van der Waals surface area (Å²) in [7, 11) is 1.27. The lowest BCUT2D eigenvalue weighted by Gasteiger charge is -2.30. The number of amides is 1. The number of esters is 1. The molecule has 4 N–H and O–H groups in total. The molecule has 0 bridgehead atoms. The fraction of sp³-hybridized carbons (Fsp3) is 0.529. The number of aromatic hydroxyl groups is 1. The van der Waals surface area contributed by atoms with Gasteiger partial charge in [0.05, 0.1) is 12.8 Å². The number of hydrogen-bond donors (Lipinski definition) is 3. The van der Waals surface area contributed by atoms with Crippen LogP contribution in [0, 0.1) is 0 Å². The van der Waals surface area contributed by atoms with E-state index in [0.717, 1.165) is 0 Å². The Morgan fingerprint density at radius 2 is 1.79 bits per heavy atom. The van der Waals surface area contributed by atoms with E-state index in [1.165, 1.54) is 13.2 Å².